The second-order valence-corrected chi connectivity index (χ2v) is 6.07. The van der Waals surface area contributed by atoms with Gasteiger partial charge in [0.1, 0.15) is 0 Å². The summed E-state index contributed by atoms with van der Waals surface area (Å²) >= 11 is 1.58. The third kappa shape index (κ3) is 3.59. The molecule has 1 heterocycles. The molecule has 0 aliphatic carbocycles. The molecule has 0 fully saturated rings. The van der Waals surface area contributed by atoms with Crippen LogP contribution < -0.4 is 4.72 Å². The first-order valence-electron chi connectivity index (χ1n) is 4.99. The fourth-order valence-corrected chi connectivity index (χ4v) is 3.12. The molecule has 0 amide bonds. The average molecular weight is 258 g/mol. The third-order valence-corrected chi connectivity index (χ3v) is 4.71. The average Bonchev–Trinajstić information content (AvgIpc) is 2.71. The molecule has 4 nitrogen and oxygen atoms in total. The highest BCUT2D eigenvalue weighted by Gasteiger charge is 2.22. The molecule has 0 radical (unpaired) electrons. The molecule has 1 aromatic rings. The van der Waals surface area contributed by atoms with Crippen molar-refractivity contribution in [3.05, 3.63) is 22.4 Å². The first-order valence-corrected chi connectivity index (χ1v) is 7.48. The molecular weight excluding hydrogens is 244 g/mol. The molecule has 88 valence electrons. The van der Waals surface area contributed by atoms with E-state index in [1.54, 1.807) is 24.3 Å². The largest absolute Gasteiger partial charge is 0.227 e. The summed E-state index contributed by atoms with van der Waals surface area (Å²) in [5.74, 6) is 0. The molecule has 0 spiro atoms. The first-order chi connectivity index (χ1) is 7.60. The minimum Gasteiger partial charge on any atom is -0.214 e. The summed E-state index contributed by atoms with van der Waals surface area (Å²) in [6, 6.07) is 3.75. The van der Waals surface area contributed by atoms with Crippen molar-refractivity contribution in [3.63, 3.8) is 0 Å². The van der Waals surface area contributed by atoms with E-state index in [2.05, 4.69) is 4.72 Å². The highest BCUT2D eigenvalue weighted by Crippen LogP contribution is 2.07. The quantitative estimate of drug-likeness (QED) is 0.841. The Balaban J connectivity index is 2.46. The van der Waals surface area contributed by atoms with E-state index < -0.39 is 15.3 Å². The smallest absolute Gasteiger partial charge is 0.214 e. The lowest BCUT2D eigenvalue weighted by molar-refractivity contribution is 0.572. The SMILES string of the molecule is CCC(C#N)S(=O)(=O)NCCc1ccsc1. The topological polar surface area (TPSA) is 70.0 Å². The summed E-state index contributed by atoms with van der Waals surface area (Å²) < 4.78 is 25.6. The summed E-state index contributed by atoms with van der Waals surface area (Å²) in [5, 5.41) is 11.7. The zero-order chi connectivity index (χ0) is 12.0. The van der Waals surface area contributed by atoms with Crippen LogP contribution in [-0.4, -0.2) is 20.2 Å². The maximum atomic E-state index is 11.6. The van der Waals surface area contributed by atoms with Crippen LogP contribution in [0.1, 0.15) is 18.9 Å². The van der Waals surface area contributed by atoms with Gasteiger partial charge < -0.3 is 0 Å². The number of nitriles is 1. The number of sulfonamides is 1. The lowest BCUT2D eigenvalue weighted by atomic mass is 10.2. The number of thiophene rings is 1. The van der Waals surface area contributed by atoms with Crippen LogP contribution in [0.15, 0.2) is 16.8 Å². The first kappa shape index (κ1) is 13.2. The van der Waals surface area contributed by atoms with Crippen molar-refractivity contribution in [1.29, 1.82) is 5.26 Å². The maximum Gasteiger partial charge on any atom is 0.227 e. The van der Waals surface area contributed by atoms with Crippen molar-refractivity contribution in [2.75, 3.05) is 6.54 Å². The molecule has 1 rings (SSSR count). The Kier molecular flexibility index (Phi) is 4.93. The Bertz CT molecular complexity index is 446. The standard InChI is InChI=1S/C10H14N2O2S2/c1-2-10(7-11)16(13,14)12-5-3-9-4-6-15-8-9/h4,6,8,10,12H,2-3,5H2,1H3. The Morgan fingerprint density at radius 3 is 2.88 bits per heavy atom. The molecule has 0 saturated heterocycles. The van der Waals surface area contributed by atoms with Crippen LogP contribution in [0.3, 0.4) is 0 Å². The van der Waals surface area contributed by atoms with E-state index >= 15 is 0 Å². The molecule has 0 aromatic carbocycles. The molecule has 1 N–H and O–H groups in total. The Morgan fingerprint density at radius 2 is 2.38 bits per heavy atom. The predicted molar refractivity (Wildman–Crippen MR) is 64.6 cm³/mol. The van der Waals surface area contributed by atoms with E-state index in [0.29, 0.717) is 19.4 Å². The van der Waals surface area contributed by atoms with Gasteiger partial charge in [-0.3, -0.25) is 0 Å². The van der Waals surface area contributed by atoms with Gasteiger partial charge in [-0.1, -0.05) is 6.92 Å². The molecule has 1 atom stereocenters. The van der Waals surface area contributed by atoms with Crippen molar-refractivity contribution >= 4 is 21.4 Å². The van der Waals surface area contributed by atoms with Gasteiger partial charge in [0.2, 0.25) is 10.0 Å². The monoisotopic (exact) mass is 258 g/mol. The summed E-state index contributed by atoms with van der Waals surface area (Å²) in [5.41, 5.74) is 1.11. The highest BCUT2D eigenvalue weighted by molar-refractivity contribution is 7.90. The van der Waals surface area contributed by atoms with Gasteiger partial charge in [0, 0.05) is 6.54 Å². The van der Waals surface area contributed by atoms with Crippen LogP contribution in [0.25, 0.3) is 0 Å². The predicted octanol–water partition coefficient (Wildman–Crippen LogP) is 1.51. The van der Waals surface area contributed by atoms with E-state index in [0.717, 1.165) is 5.56 Å². The number of hydrogen-bond donors (Lipinski definition) is 1. The number of nitrogens with zero attached hydrogens (tertiary/aromatic N) is 1. The zero-order valence-electron chi connectivity index (χ0n) is 9.01. The van der Waals surface area contributed by atoms with Gasteiger partial charge in [-0.25, -0.2) is 13.1 Å². The van der Waals surface area contributed by atoms with Crippen LogP contribution in [0, 0.1) is 11.3 Å². The van der Waals surface area contributed by atoms with Crippen LogP contribution in [0.5, 0.6) is 0 Å². The number of hydrogen-bond acceptors (Lipinski definition) is 4. The molecule has 1 aromatic heterocycles. The van der Waals surface area contributed by atoms with Crippen molar-refractivity contribution in [2.24, 2.45) is 0 Å². The molecule has 0 aliphatic rings. The van der Waals surface area contributed by atoms with E-state index in [4.69, 9.17) is 5.26 Å². The van der Waals surface area contributed by atoms with Crippen molar-refractivity contribution < 1.29 is 8.42 Å². The van der Waals surface area contributed by atoms with Gasteiger partial charge in [0.05, 0.1) is 6.07 Å². The molecule has 16 heavy (non-hydrogen) atoms. The second kappa shape index (κ2) is 5.99. The molecule has 1 unspecified atom stereocenters. The van der Waals surface area contributed by atoms with E-state index in [9.17, 15) is 8.42 Å². The summed E-state index contributed by atoms with van der Waals surface area (Å²) in [6.45, 7) is 2.03. The summed E-state index contributed by atoms with van der Waals surface area (Å²) in [7, 11) is -3.48. The van der Waals surface area contributed by atoms with Gasteiger partial charge in [0.15, 0.2) is 5.25 Å². The summed E-state index contributed by atoms with van der Waals surface area (Å²) in [4.78, 5) is 0. The van der Waals surface area contributed by atoms with Gasteiger partial charge in [-0.15, -0.1) is 0 Å². The highest BCUT2D eigenvalue weighted by atomic mass is 32.2. The number of nitrogens with one attached hydrogen (secondary N) is 1. The minimum atomic E-state index is -3.48. The lowest BCUT2D eigenvalue weighted by Crippen LogP contribution is -2.34. The van der Waals surface area contributed by atoms with Crippen LogP contribution in [0.4, 0.5) is 0 Å². The Hall–Kier alpha value is -0.900. The van der Waals surface area contributed by atoms with Crippen LogP contribution >= 0.6 is 11.3 Å². The Morgan fingerprint density at radius 1 is 1.62 bits per heavy atom. The molecule has 0 saturated carbocycles. The van der Waals surface area contributed by atoms with E-state index in [1.165, 1.54) is 0 Å². The van der Waals surface area contributed by atoms with E-state index in [-0.39, 0.29) is 0 Å². The zero-order valence-corrected chi connectivity index (χ0v) is 10.6. The molecular formula is C10H14N2O2S2. The third-order valence-electron chi connectivity index (χ3n) is 2.19. The van der Waals surface area contributed by atoms with Gasteiger partial charge in [-0.2, -0.15) is 16.6 Å². The molecule has 6 heteroatoms. The van der Waals surface area contributed by atoms with Gasteiger partial charge in [-0.05, 0) is 35.2 Å². The van der Waals surface area contributed by atoms with Crippen molar-refractivity contribution in [1.82, 2.24) is 4.72 Å². The molecule has 0 bridgehead atoms. The minimum absolute atomic E-state index is 0.310. The summed E-state index contributed by atoms with van der Waals surface area (Å²) in [6.07, 6.45) is 0.967. The normalized spacial score (nSPS) is 13.2. The molecule has 0 aliphatic heterocycles. The van der Waals surface area contributed by atoms with Gasteiger partial charge in [0.25, 0.3) is 0 Å². The van der Waals surface area contributed by atoms with Crippen molar-refractivity contribution in [2.45, 2.75) is 25.0 Å². The fraction of sp³-hybridized carbons (Fsp3) is 0.500. The second-order valence-electron chi connectivity index (χ2n) is 3.35. The lowest BCUT2D eigenvalue weighted by Gasteiger charge is -2.09. The van der Waals surface area contributed by atoms with Crippen LogP contribution in [-0.2, 0) is 16.4 Å². The van der Waals surface area contributed by atoms with Crippen LogP contribution in [0.2, 0.25) is 0 Å². The number of rotatable bonds is 6. The fourth-order valence-electron chi connectivity index (χ4n) is 1.25. The van der Waals surface area contributed by atoms with E-state index in [1.807, 2.05) is 16.8 Å². The maximum absolute atomic E-state index is 11.6. The van der Waals surface area contributed by atoms with Gasteiger partial charge >= 0.3 is 0 Å². The Labute approximate surface area is 100.0 Å². The van der Waals surface area contributed by atoms with Crippen molar-refractivity contribution in [3.8, 4) is 6.07 Å².